The summed E-state index contributed by atoms with van der Waals surface area (Å²) in [5, 5.41) is 0. The maximum absolute atomic E-state index is 12.5. The molecule has 2 aromatic carbocycles. The summed E-state index contributed by atoms with van der Waals surface area (Å²) in [6, 6.07) is 26.0. The average molecular weight is 585 g/mol. The van der Waals surface area contributed by atoms with Crippen molar-refractivity contribution in [3.63, 3.8) is 0 Å². The van der Waals surface area contributed by atoms with Crippen LogP contribution in [0.4, 0.5) is 0 Å². The zero-order chi connectivity index (χ0) is 30.2. The Bertz CT molecular complexity index is 1540. The molecule has 0 N–H and O–H groups in total. The highest BCUT2D eigenvalue weighted by Crippen LogP contribution is 2.40. The second kappa shape index (κ2) is 11.6. The van der Waals surface area contributed by atoms with Crippen LogP contribution in [-0.4, -0.2) is 55.5 Å². The molecule has 44 heavy (non-hydrogen) atoms. The molecule has 8 heteroatoms. The number of pyridine rings is 2. The van der Waals surface area contributed by atoms with Gasteiger partial charge in [-0.25, -0.2) is 0 Å². The van der Waals surface area contributed by atoms with E-state index in [1.165, 1.54) is 9.80 Å². The van der Waals surface area contributed by atoms with Crippen molar-refractivity contribution in [1.82, 2.24) is 19.8 Å². The van der Waals surface area contributed by atoms with Gasteiger partial charge in [0.15, 0.2) is 0 Å². The molecular weight excluding hydrogens is 552 g/mol. The van der Waals surface area contributed by atoms with Crippen LogP contribution in [0.2, 0.25) is 0 Å². The lowest BCUT2D eigenvalue weighted by molar-refractivity contribution is 0.0570. The Balaban J connectivity index is 0.000000142. The first kappa shape index (κ1) is 27.8. The van der Waals surface area contributed by atoms with E-state index in [-0.39, 0.29) is 35.7 Å². The number of hydrogen-bond donors (Lipinski definition) is 0. The maximum Gasteiger partial charge on any atom is 0.261 e. The van der Waals surface area contributed by atoms with Crippen molar-refractivity contribution in [2.45, 2.75) is 62.4 Å². The van der Waals surface area contributed by atoms with Gasteiger partial charge in [-0.1, -0.05) is 36.4 Å². The molecule has 220 valence electrons. The quantitative estimate of drug-likeness (QED) is 0.272. The number of nitrogens with zero attached hydrogens (tertiary/aromatic N) is 4. The molecule has 2 fully saturated rings. The number of amides is 4. The number of aromatic nitrogens is 2. The zero-order valence-electron chi connectivity index (χ0n) is 24.2. The highest BCUT2D eigenvalue weighted by Gasteiger charge is 2.44. The van der Waals surface area contributed by atoms with Crippen LogP contribution in [0, 0.1) is 0 Å². The van der Waals surface area contributed by atoms with Gasteiger partial charge in [0.25, 0.3) is 23.6 Å². The van der Waals surface area contributed by atoms with Crippen molar-refractivity contribution >= 4 is 23.6 Å². The molecule has 0 unspecified atom stereocenters. The van der Waals surface area contributed by atoms with Gasteiger partial charge in [-0.3, -0.25) is 38.9 Å². The Morgan fingerprint density at radius 3 is 1.11 bits per heavy atom. The van der Waals surface area contributed by atoms with Crippen LogP contribution < -0.4 is 0 Å². The third-order valence-electron chi connectivity index (χ3n) is 9.40. The number of fused-ring (bicyclic) bond motifs is 2. The summed E-state index contributed by atoms with van der Waals surface area (Å²) >= 11 is 0. The molecule has 8 rings (SSSR count). The van der Waals surface area contributed by atoms with Crippen molar-refractivity contribution in [2.75, 3.05) is 0 Å². The first-order valence-electron chi connectivity index (χ1n) is 15.3. The minimum atomic E-state index is -0.146. The highest BCUT2D eigenvalue weighted by molar-refractivity contribution is 6.22. The molecule has 8 nitrogen and oxygen atoms in total. The standard InChI is InChI=1S/2C18H16N2O2/c2*21-17-14-5-1-2-6-15(14)18(22)20(17)13-9-8-12(11-13)16-7-3-4-10-19-16/h2*1-7,10,12-13H,8-9,11H2/t2*12-,13-/m10/s1. The Morgan fingerprint density at radius 1 is 0.455 bits per heavy atom. The zero-order valence-corrected chi connectivity index (χ0v) is 24.2. The predicted molar refractivity (Wildman–Crippen MR) is 163 cm³/mol. The van der Waals surface area contributed by atoms with Crippen LogP contribution in [0.5, 0.6) is 0 Å². The first-order chi connectivity index (χ1) is 21.5. The van der Waals surface area contributed by atoms with E-state index in [1.54, 1.807) is 60.9 Å². The van der Waals surface area contributed by atoms with Crippen LogP contribution in [0.15, 0.2) is 97.3 Å². The SMILES string of the molecule is O=C1c2ccccc2C(=O)N1[C@@H]1CC[C@@H](c2ccccn2)C1.O=C1c2ccccc2C(=O)N1[C@H]1CC[C@H](c2ccccn2)C1. The number of rotatable bonds is 4. The van der Waals surface area contributed by atoms with Crippen molar-refractivity contribution < 1.29 is 19.2 Å². The average Bonchev–Trinajstić information content (AvgIpc) is 3.85. The van der Waals surface area contributed by atoms with Crippen LogP contribution in [0.25, 0.3) is 0 Å². The molecule has 2 aromatic heterocycles. The van der Waals surface area contributed by atoms with Crippen molar-refractivity contribution in [3.8, 4) is 0 Å². The summed E-state index contributed by atoms with van der Waals surface area (Å²) in [6.07, 6.45) is 8.85. The number of carbonyl (C=O) groups is 4. The van der Waals surface area contributed by atoms with E-state index in [1.807, 2.05) is 36.4 Å². The van der Waals surface area contributed by atoms with Crippen molar-refractivity contribution in [2.24, 2.45) is 0 Å². The van der Waals surface area contributed by atoms with Crippen molar-refractivity contribution in [3.05, 3.63) is 131 Å². The second-order valence-electron chi connectivity index (χ2n) is 11.9. The van der Waals surface area contributed by atoms with E-state index >= 15 is 0 Å². The third kappa shape index (κ3) is 4.90. The van der Waals surface area contributed by atoms with Gasteiger partial charge in [0.05, 0.1) is 22.3 Å². The summed E-state index contributed by atoms with van der Waals surface area (Å²) in [6.45, 7) is 0. The monoisotopic (exact) mass is 584 g/mol. The van der Waals surface area contributed by atoms with Crippen LogP contribution in [0.3, 0.4) is 0 Å². The normalized spacial score (nSPS) is 23.9. The van der Waals surface area contributed by atoms with Gasteiger partial charge < -0.3 is 0 Å². The molecule has 0 spiro atoms. The fourth-order valence-electron chi connectivity index (χ4n) is 7.24. The van der Waals surface area contributed by atoms with E-state index in [4.69, 9.17) is 0 Å². The molecule has 2 aliphatic heterocycles. The van der Waals surface area contributed by atoms with Gasteiger partial charge in [0.1, 0.15) is 0 Å². The highest BCUT2D eigenvalue weighted by atomic mass is 16.2. The lowest BCUT2D eigenvalue weighted by Crippen LogP contribution is -2.38. The van der Waals surface area contributed by atoms with Gasteiger partial charge in [0.2, 0.25) is 0 Å². The summed E-state index contributed by atoms with van der Waals surface area (Å²) in [4.78, 5) is 61.9. The number of benzene rings is 2. The lowest BCUT2D eigenvalue weighted by Gasteiger charge is -2.22. The second-order valence-corrected chi connectivity index (χ2v) is 11.9. The molecule has 2 saturated carbocycles. The Kier molecular flexibility index (Phi) is 7.34. The summed E-state index contributed by atoms with van der Waals surface area (Å²) in [5.74, 6) is 0.0742. The van der Waals surface area contributed by atoms with Gasteiger partial charge >= 0.3 is 0 Å². The lowest BCUT2D eigenvalue weighted by atomic mass is 10.0. The molecule has 4 aliphatic rings. The fourth-order valence-corrected chi connectivity index (χ4v) is 7.24. The molecule has 4 heterocycles. The minimum Gasteiger partial charge on any atom is -0.271 e. The minimum absolute atomic E-state index is 0.0144. The molecule has 0 bridgehead atoms. The molecule has 2 aliphatic carbocycles. The van der Waals surface area contributed by atoms with E-state index < -0.39 is 0 Å². The van der Waals surface area contributed by atoms with E-state index in [9.17, 15) is 19.2 Å². The van der Waals surface area contributed by atoms with Crippen molar-refractivity contribution in [1.29, 1.82) is 0 Å². The number of carbonyl (C=O) groups excluding carboxylic acids is 4. The number of hydrogen-bond acceptors (Lipinski definition) is 6. The maximum atomic E-state index is 12.5. The largest absolute Gasteiger partial charge is 0.271 e. The summed E-state index contributed by atoms with van der Waals surface area (Å²) in [7, 11) is 0. The molecule has 0 radical (unpaired) electrons. The summed E-state index contributed by atoms with van der Waals surface area (Å²) in [5.41, 5.74) is 4.26. The van der Waals surface area contributed by atoms with Crippen LogP contribution >= 0.6 is 0 Å². The molecule has 4 aromatic rings. The predicted octanol–water partition coefficient (Wildman–Crippen LogP) is 6.03. The molecule has 0 saturated heterocycles. The topological polar surface area (TPSA) is 101 Å². The first-order valence-corrected chi connectivity index (χ1v) is 15.3. The van der Waals surface area contributed by atoms with Gasteiger partial charge in [-0.05, 0) is 87.1 Å². The molecule has 4 atom stereocenters. The smallest absolute Gasteiger partial charge is 0.261 e. The summed E-state index contributed by atoms with van der Waals surface area (Å²) < 4.78 is 0. The van der Waals surface area contributed by atoms with Crippen LogP contribution in [-0.2, 0) is 0 Å². The van der Waals surface area contributed by atoms with E-state index in [2.05, 4.69) is 9.97 Å². The van der Waals surface area contributed by atoms with Gasteiger partial charge in [0, 0.05) is 47.7 Å². The van der Waals surface area contributed by atoms with Crippen LogP contribution in [0.1, 0.15) is 103 Å². The Labute approximate surface area is 255 Å². The van der Waals surface area contributed by atoms with E-state index in [0.717, 1.165) is 49.9 Å². The molecular formula is C36H32N4O4. The number of imide groups is 2. The Hall–Kier alpha value is -4.98. The van der Waals surface area contributed by atoms with Gasteiger partial charge in [-0.15, -0.1) is 0 Å². The Morgan fingerprint density at radius 2 is 0.795 bits per heavy atom. The molecule has 4 amide bonds. The third-order valence-corrected chi connectivity index (χ3v) is 9.40. The van der Waals surface area contributed by atoms with E-state index in [0.29, 0.717) is 34.1 Å². The van der Waals surface area contributed by atoms with Gasteiger partial charge in [-0.2, -0.15) is 0 Å². The fraction of sp³-hybridized carbons (Fsp3) is 0.278.